The van der Waals surface area contributed by atoms with Gasteiger partial charge in [0, 0.05) is 4.88 Å². The smallest absolute Gasteiger partial charge is 0.122 e. The molecule has 0 aliphatic heterocycles. The standard InChI is InChI=1S/C12H16N2OS/c13-14-11(12-7-2-8-15-12)6-1-4-10-5-3-9-16-10/h2-3,5,7-9,11,14H,1,4,6,13H2. The lowest BCUT2D eigenvalue weighted by molar-refractivity contribution is 0.394. The van der Waals surface area contributed by atoms with Gasteiger partial charge in [-0.3, -0.25) is 5.84 Å². The molecule has 0 bridgehead atoms. The lowest BCUT2D eigenvalue weighted by Gasteiger charge is -2.12. The molecule has 1 unspecified atom stereocenters. The van der Waals surface area contributed by atoms with Gasteiger partial charge in [-0.2, -0.15) is 0 Å². The molecule has 0 saturated heterocycles. The first-order valence-electron chi connectivity index (χ1n) is 5.42. The van der Waals surface area contributed by atoms with Crippen LogP contribution < -0.4 is 11.3 Å². The predicted octanol–water partition coefficient (Wildman–Crippen LogP) is 2.87. The van der Waals surface area contributed by atoms with Crippen molar-refractivity contribution in [3.8, 4) is 0 Å². The van der Waals surface area contributed by atoms with Crippen LogP contribution in [-0.2, 0) is 6.42 Å². The fraction of sp³-hybridized carbons (Fsp3) is 0.333. The first-order valence-corrected chi connectivity index (χ1v) is 6.30. The third-order valence-corrected chi connectivity index (χ3v) is 3.52. The first-order chi connectivity index (χ1) is 7.90. The van der Waals surface area contributed by atoms with Crippen LogP contribution in [0.1, 0.15) is 29.5 Å². The van der Waals surface area contributed by atoms with Crippen LogP contribution in [0.3, 0.4) is 0 Å². The van der Waals surface area contributed by atoms with Gasteiger partial charge in [0.25, 0.3) is 0 Å². The molecule has 0 spiro atoms. The van der Waals surface area contributed by atoms with Crippen LogP contribution in [0.5, 0.6) is 0 Å². The van der Waals surface area contributed by atoms with Crippen molar-refractivity contribution in [3.05, 3.63) is 46.5 Å². The van der Waals surface area contributed by atoms with E-state index in [0.717, 1.165) is 25.0 Å². The highest BCUT2D eigenvalue weighted by atomic mass is 32.1. The molecule has 2 aromatic heterocycles. The number of rotatable bonds is 6. The Kier molecular flexibility index (Phi) is 4.16. The maximum absolute atomic E-state index is 5.52. The van der Waals surface area contributed by atoms with E-state index in [2.05, 4.69) is 22.9 Å². The summed E-state index contributed by atoms with van der Waals surface area (Å²) >= 11 is 1.80. The van der Waals surface area contributed by atoms with Crippen LogP contribution >= 0.6 is 11.3 Å². The molecule has 0 radical (unpaired) electrons. The lowest BCUT2D eigenvalue weighted by Crippen LogP contribution is -2.27. The fourth-order valence-electron chi connectivity index (χ4n) is 1.73. The van der Waals surface area contributed by atoms with Crippen LogP contribution in [0.25, 0.3) is 0 Å². The zero-order valence-corrected chi connectivity index (χ0v) is 9.87. The third kappa shape index (κ3) is 2.95. The van der Waals surface area contributed by atoms with Crippen LogP contribution in [0.2, 0.25) is 0 Å². The lowest BCUT2D eigenvalue weighted by atomic mass is 10.1. The number of hydrazine groups is 1. The van der Waals surface area contributed by atoms with Gasteiger partial charge in [-0.1, -0.05) is 6.07 Å². The molecule has 2 heterocycles. The van der Waals surface area contributed by atoms with Gasteiger partial charge in [0.2, 0.25) is 0 Å². The first kappa shape index (κ1) is 11.4. The van der Waals surface area contributed by atoms with Crippen LogP contribution in [-0.4, -0.2) is 0 Å². The number of nitrogens with two attached hydrogens (primary N) is 1. The third-order valence-electron chi connectivity index (χ3n) is 2.58. The molecule has 16 heavy (non-hydrogen) atoms. The average Bonchev–Trinajstić information content (AvgIpc) is 2.96. The molecule has 0 aliphatic rings. The van der Waals surface area contributed by atoms with Crippen molar-refractivity contribution in [2.24, 2.45) is 5.84 Å². The Labute approximate surface area is 99.2 Å². The molecule has 3 nitrogen and oxygen atoms in total. The van der Waals surface area contributed by atoms with E-state index in [4.69, 9.17) is 10.3 Å². The second kappa shape index (κ2) is 5.84. The predicted molar refractivity (Wildman–Crippen MR) is 66.0 cm³/mol. The van der Waals surface area contributed by atoms with Gasteiger partial charge >= 0.3 is 0 Å². The minimum Gasteiger partial charge on any atom is -0.468 e. The molecule has 0 fully saturated rings. The van der Waals surface area contributed by atoms with E-state index < -0.39 is 0 Å². The summed E-state index contributed by atoms with van der Waals surface area (Å²) in [6.45, 7) is 0. The summed E-state index contributed by atoms with van der Waals surface area (Å²) in [5, 5.41) is 2.11. The van der Waals surface area contributed by atoms with Crippen molar-refractivity contribution < 1.29 is 4.42 Å². The molecule has 0 aromatic carbocycles. The van der Waals surface area contributed by atoms with Gasteiger partial charge in [0.1, 0.15) is 5.76 Å². The molecule has 2 rings (SSSR count). The summed E-state index contributed by atoms with van der Waals surface area (Å²) in [6, 6.07) is 8.22. The molecule has 4 heteroatoms. The monoisotopic (exact) mass is 236 g/mol. The molecular formula is C12H16N2OS. The Balaban J connectivity index is 1.80. The van der Waals surface area contributed by atoms with Gasteiger partial charge in [-0.25, -0.2) is 5.43 Å². The van der Waals surface area contributed by atoms with Crippen molar-refractivity contribution in [3.63, 3.8) is 0 Å². The highest BCUT2D eigenvalue weighted by molar-refractivity contribution is 7.09. The summed E-state index contributed by atoms with van der Waals surface area (Å²) in [4.78, 5) is 1.43. The van der Waals surface area contributed by atoms with Crippen molar-refractivity contribution in [2.45, 2.75) is 25.3 Å². The average molecular weight is 236 g/mol. The molecule has 2 aromatic rings. The molecular weight excluding hydrogens is 220 g/mol. The van der Waals surface area contributed by atoms with E-state index >= 15 is 0 Å². The van der Waals surface area contributed by atoms with Crippen molar-refractivity contribution >= 4 is 11.3 Å². The fourth-order valence-corrected chi connectivity index (χ4v) is 2.48. The molecule has 0 aliphatic carbocycles. The number of aryl methyl sites for hydroxylation is 1. The zero-order valence-electron chi connectivity index (χ0n) is 9.06. The normalized spacial score (nSPS) is 12.8. The van der Waals surface area contributed by atoms with Gasteiger partial charge in [0.15, 0.2) is 0 Å². The van der Waals surface area contributed by atoms with Crippen molar-refractivity contribution in [1.29, 1.82) is 0 Å². The molecule has 86 valence electrons. The number of thiophene rings is 1. The minimum atomic E-state index is 0.120. The minimum absolute atomic E-state index is 0.120. The van der Waals surface area contributed by atoms with E-state index in [0.29, 0.717) is 0 Å². The zero-order chi connectivity index (χ0) is 11.2. The Bertz CT molecular complexity index is 383. The maximum atomic E-state index is 5.52. The number of furan rings is 1. The summed E-state index contributed by atoms with van der Waals surface area (Å²) in [7, 11) is 0. The topological polar surface area (TPSA) is 51.2 Å². The van der Waals surface area contributed by atoms with Gasteiger partial charge in [-0.15, -0.1) is 11.3 Å². The summed E-state index contributed by atoms with van der Waals surface area (Å²) in [5.74, 6) is 6.43. The second-order valence-electron chi connectivity index (χ2n) is 3.71. The Morgan fingerprint density at radius 2 is 2.31 bits per heavy atom. The molecule has 0 saturated carbocycles. The van der Waals surface area contributed by atoms with Gasteiger partial charge in [-0.05, 0) is 42.8 Å². The SMILES string of the molecule is NNC(CCCc1cccs1)c1ccco1. The number of nitrogens with one attached hydrogen (secondary N) is 1. The summed E-state index contributed by atoms with van der Waals surface area (Å²) in [5.41, 5.74) is 2.79. The largest absolute Gasteiger partial charge is 0.468 e. The van der Waals surface area contributed by atoms with Crippen molar-refractivity contribution in [1.82, 2.24) is 5.43 Å². The molecule has 3 N–H and O–H groups in total. The van der Waals surface area contributed by atoms with Crippen LogP contribution in [0, 0.1) is 0 Å². The maximum Gasteiger partial charge on any atom is 0.122 e. The van der Waals surface area contributed by atoms with E-state index in [1.807, 2.05) is 12.1 Å². The molecule has 0 amide bonds. The van der Waals surface area contributed by atoms with E-state index in [1.54, 1.807) is 17.6 Å². The quantitative estimate of drug-likeness (QED) is 0.599. The van der Waals surface area contributed by atoms with Crippen LogP contribution in [0.15, 0.2) is 40.3 Å². The Hall–Kier alpha value is -1.10. The van der Waals surface area contributed by atoms with Crippen molar-refractivity contribution in [2.75, 3.05) is 0 Å². The van der Waals surface area contributed by atoms with Gasteiger partial charge < -0.3 is 4.42 Å². The summed E-state index contributed by atoms with van der Waals surface area (Å²) < 4.78 is 5.33. The van der Waals surface area contributed by atoms with E-state index in [9.17, 15) is 0 Å². The number of hydrogen-bond donors (Lipinski definition) is 2. The Morgan fingerprint density at radius 3 is 2.94 bits per heavy atom. The van der Waals surface area contributed by atoms with Gasteiger partial charge in [0.05, 0.1) is 12.3 Å². The Morgan fingerprint density at radius 1 is 1.38 bits per heavy atom. The summed E-state index contributed by atoms with van der Waals surface area (Å²) in [6.07, 6.45) is 4.88. The number of hydrogen-bond acceptors (Lipinski definition) is 4. The van der Waals surface area contributed by atoms with Crippen LogP contribution in [0.4, 0.5) is 0 Å². The highest BCUT2D eigenvalue weighted by Gasteiger charge is 2.11. The van der Waals surface area contributed by atoms with E-state index in [-0.39, 0.29) is 6.04 Å². The highest BCUT2D eigenvalue weighted by Crippen LogP contribution is 2.20. The van der Waals surface area contributed by atoms with E-state index in [1.165, 1.54) is 4.88 Å². The second-order valence-corrected chi connectivity index (χ2v) is 4.74. The molecule has 1 atom stereocenters.